The molecule has 0 spiro atoms. The van der Waals surface area contributed by atoms with Gasteiger partial charge in [0.25, 0.3) is 0 Å². The van der Waals surface area contributed by atoms with Gasteiger partial charge in [0, 0.05) is 25.3 Å². The number of aryl methyl sites for hydroxylation is 1. The zero-order valence-electron chi connectivity index (χ0n) is 9.79. The maximum absolute atomic E-state index is 12.9. The Morgan fingerprint density at radius 3 is 2.71 bits per heavy atom. The summed E-state index contributed by atoms with van der Waals surface area (Å²) in [4.78, 5) is 0. The van der Waals surface area contributed by atoms with Crippen LogP contribution in [-0.2, 0) is 0 Å². The van der Waals surface area contributed by atoms with Crippen molar-refractivity contribution < 1.29 is 8.78 Å². The van der Waals surface area contributed by atoms with Gasteiger partial charge in [0.05, 0.1) is 6.04 Å². The summed E-state index contributed by atoms with van der Waals surface area (Å²) in [6.45, 7) is 3.75. The molecular weight excluding hydrogens is 226 g/mol. The topological polar surface area (TPSA) is 42.7 Å². The molecule has 17 heavy (non-hydrogen) atoms. The van der Waals surface area contributed by atoms with Gasteiger partial charge in [0.15, 0.2) is 0 Å². The van der Waals surface area contributed by atoms with Gasteiger partial charge in [-0.25, -0.2) is 8.78 Å². The van der Waals surface area contributed by atoms with Crippen molar-refractivity contribution in [3.05, 3.63) is 11.6 Å². The molecule has 1 aliphatic heterocycles. The lowest BCUT2D eigenvalue weighted by Gasteiger charge is -2.35. The van der Waals surface area contributed by atoms with Crippen LogP contribution < -0.4 is 5.32 Å². The second kappa shape index (κ2) is 3.73. The van der Waals surface area contributed by atoms with E-state index in [2.05, 4.69) is 20.1 Å². The van der Waals surface area contributed by atoms with Crippen LogP contribution in [0.2, 0.25) is 0 Å². The standard InChI is InChI=1S/C11H16F2N4/c1-7-15-16-10(8-4-11(12,13)5-8)17(7)9-2-3-14-6-9/h8-9,14H,2-6H2,1H3. The number of hydrogen-bond acceptors (Lipinski definition) is 3. The molecule has 1 atom stereocenters. The number of nitrogens with one attached hydrogen (secondary N) is 1. The quantitative estimate of drug-likeness (QED) is 0.857. The highest BCUT2D eigenvalue weighted by molar-refractivity contribution is 5.11. The molecule has 94 valence electrons. The highest BCUT2D eigenvalue weighted by Gasteiger charge is 2.48. The molecule has 0 radical (unpaired) electrons. The second-order valence-corrected chi connectivity index (χ2v) is 5.08. The summed E-state index contributed by atoms with van der Waals surface area (Å²) in [5.41, 5.74) is 0. The Balaban J connectivity index is 1.85. The van der Waals surface area contributed by atoms with Gasteiger partial charge in [-0.1, -0.05) is 0 Å². The minimum Gasteiger partial charge on any atom is -0.315 e. The predicted octanol–water partition coefficient (Wildman–Crippen LogP) is 1.63. The van der Waals surface area contributed by atoms with Crippen LogP contribution in [0.3, 0.4) is 0 Å². The predicted molar refractivity (Wildman–Crippen MR) is 58.2 cm³/mol. The van der Waals surface area contributed by atoms with Crippen LogP contribution in [-0.4, -0.2) is 33.8 Å². The summed E-state index contributed by atoms with van der Waals surface area (Å²) in [5, 5.41) is 11.4. The lowest BCUT2D eigenvalue weighted by molar-refractivity contribution is -0.0893. The van der Waals surface area contributed by atoms with Crippen molar-refractivity contribution in [1.29, 1.82) is 0 Å². The molecule has 3 rings (SSSR count). The SMILES string of the molecule is Cc1nnc(C2CC(F)(F)C2)n1C1CCNC1. The van der Waals surface area contributed by atoms with Crippen molar-refractivity contribution >= 4 is 0 Å². The molecule has 1 unspecified atom stereocenters. The summed E-state index contributed by atoms with van der Waals surface area (Å²) in [5.74, 6) is -1.03. The number of halogens is 2. The van der Waals surface area contributed by atoms with E-state index in [0.29, 0.717) is 6.04 Å². The summed E-state index contributed by atoms with van der Waals surface area (Å²) in [6, 6.07) is 0.328. The molecular formula is C11H16F2N4. The van der Waals surface area contributed by atoms with Crippen LogP contribution in [0.25, 0.3) is 0 Å². The number of rotatable bonds is 2. The molecule has 2 heterocycles. The van der Waals surface area contributed by atoms with E-state index < -0.39 is 5.92 Å². The van der Waals surface area contributed by atoms with Crippen molar-refractivity contribution in [3.8, 4) is 0 Å². The molecule has 1 saturated heterocycles. The average molecular weight is 242 g/mol. The fraction of sp³-hybridized carbons (Fsp3) is 0.818. The second-order valence-electron chi connectivity index (χ2n) is 5.08. The smallest absolute Gasteiger partial charge is 0.249 e. The van der Waals surface area contributed by atoms with E-state index in [0.717, 1.165) is 31.2 Å². The number of nitrogens with zero attached hydrogens (tertiary/aromatic N) is 3. The van der Waals surface area contributed by atoms with E-state index >= 15 is 0 Å². The minimum absolute atomic E-state index is 0.0781. The lowest BCUT2D eigenvalue weighted by Crippen LogP contribution is -2.36. The van der Waals surface area contributed by atoms with Gasteiger partial charge in [-0.2, -0.15) is 0 Å². The van der Waals surface area contributed by atoms with E-state index in [4.69, 9.17) is 0 Å². The highest BCUT2D eigenvalue weighted by Crippen LogP contribution is 2.48. The summed E-state index contributed by atoms with van der Waals surface area (Å²) < 4.78 is 27.9. The fourth-order valence-electron chi connectivity index (χ4n) is 2.82. The first-order chi connectivity index (χ1) is 8.07. The Morgan fingerprint density at radius 2 is 2.12 bits per heavy atom. The van der Waals surface area contributed by atoms with Gasteiger partial charge in [0.2, 0.25) is 5.92 Å². The molecule has 0 amide bonds. The van der Waals surface area contributed by atoms with Gasteiger partial charge in [0.1, 0.15) is 11.6 Å². The van der Waals surface area contributed by atoms with Gasteiger partial charge in [-0.05, 0) is 19.9 Å². The van der Waals surface area contributed by atoms with Crippen LogP contribution in [0.1, 0.15) is 42.9 Å². The van der Waals surface area contributed by atoms with Gasteiger partial charge < -0.3 is 9.88 Å². The van der Waals surface area contributed by atoms with Gasteiger partial charge in [-0.3, -0.25) is 0 Å². The number of aromatic nitrogens is 3. The minimum atomic E-state index is -2.50. The maximum atomic E-state index is 12.9. The molecule has 0 aromatic carbocycles. The van der Waals surface area contributed by atoms with E-state index in [1.54, 1.807) is 0 Å². The molecule has 2 fully saturated rings. The normalized spacial score (nSPS) is 28.3. The van der Waals surface area contributed by atoms with Crippen LogP contribution in [0.15, 0.2) is 0 Å². The number of hydrogen-bond donors (Lipinski definition) is 1. The molecule has 1 saturated carbocycles. The highest BCUT2D eigenvalue weighted by atomic mass is 19.3. The molecule has 6 heteroatoms. The fourth-order valence-corrected chi connectivity index (χ4v) is 2.82. The molecule has 1 aromatic heterocycles. The van der Waals surface area contributed by atoms with E-state index in [9.17, 15) is 8.78 Å². The van der Waals surface area contributed by atoms with Gasteiger partial charge in [-0.15, -0.1) is 10.2 Å². The van der Waals surface area contributed by atoms with Crippen molar-refractivity contribution in [2.45, 2.75) is 44.1 Å². The van der Waals surface area contributed by atoms with Crippen molar-refractivity contribution in [2.24, 2.45) is 0 Å². The maximum Gasteiger partial charge on any atom is 0.249 e. The molecule has 2 aliphatic rings. The third-order valence-corrected chi connectivity index (χ3v) is 3.75. The van der Waals surface area contributed by atoms with Crippen molar-refractivity contribution in [2.75, 3.05) is 13.1 Å². The van der Waals surface area contributed by atoms with Gasteiger partial charge >= 0.3 is 0 Å². The largest absolute Gasteiger partial charge is 0.315 e. The van der Waals surface area contributed by atoms with Crippen molar-refractivity contribution in [3.63, 3.8) is 0 Å². The lowest BCUT2D eigenvalue weighted by atomic mass is 9.80. The summed E-state index contributed by atoms with van der Waals surface area (Å²) in [6.07, 6.45) is 0.867. The first kappa shape index (κ1) is 11.1. The van der Waals surface area contributed by atoms with Crippen LogP contribution in [0, 0.1) is 6.92 Å². The summed E-state index contributed by atoms with van der Waals surface area (Å²) >= 11 is 0. The van der Waals surface area contributed by atoms with Crippen LogP contribution >= 0.6 is 0 Å². The Labute approximate surface area is 98.4 Å². The Morgan fingerprint density at radius 1 is 1.35 bits per heavy atom. The third-order valence-electron chi connectivity index (χ3n) is 3.75. The van der Waals surface area contributed by atoms with E-state index in [1.165, 1.54) is 0 Å². The Hall–Kier alpha value is -1.04. The first-order valence-electron chi connectivity index (χ1n) is 6.07. The zero-order chi connectivity index (χ0) is 12.0. The van der Waals surface area contributed by atoms with Crippen LogP contribution in [0.5, 0.6) is 0 Å². The third kappa shape index (κ3) is 1.84. The Bertz CT molecular complexity index is 415. The monoisotopic (exact) mass is 242 g/mol. The zero-order valence-corrected chi connectivity index (χ0v) is 9.79. The molecule has 0 bridgehead atoms. The van der Waals surface area contributed by atoms with E-state index in [1.807, 2.05) is 6.92 Å². The van der Waals surface area contributed by atoms with Crippen molar-refractivity contribution in [1.82, 2.24) is 20.1 Å². The molecule has 4 nitrogen and oxygen atoms in total. The average Bonchev–Trinajstić information content (AvgIpc) is 2.82. The van der Waals surface area contributed by atoms with E-state index in [-0.39, 0.29) is 18.8 Å². The molecule has 1 aliphatic carbocycles. The molecule has 1 aromatic rings. The summed E-state index contributed by atoms with van der Waals surface area (Å²) in [7, 11) is 0. The molecule has 1 N–H and O–H groups in total. The first-order valence-corrected chi connectivity index (χ1v) is 6.07. The number of alkyl halides is 2. The Kier molecular flexibility index (Phi) is 2.43. The van der Waals surface area contributed by atoms with Crippen LogP contribution in [0.4, 0.5) is 8.78 Å².